The molecule has 0 spiro atoms. The van der Waals surface area contributed by atoms with E-state index < -0.39 is 0 Å². The van der Waals surface area contributed by atoms with Gasteiger partial charge in [0.1, 0.15) is 0 Å². The molecule has 0 aromatic heterocycles. The van der Waals surface area contributed by atoms with E-state index in [2.05, 4.69) is 15.5 Å². The Morgan fingerprint density at radius 3 is 2.36 bits per heavy atom. The molecule has 5 heteroatoms. The molecule has 0 aliphatic carbocycles. The highest BCUT2D eigenvalue weighted by Crippen LogP contribution is 2.15. The quantitative estimate of drug-likeness (QED) is 0.828. The van der Waals surface area contributed by atoms with E-state index in [4.69, 9.17) is 12.2 Å². The molecule has 1 aliphatic rings. The Morgan fingerprint density at radius 1 is 1.04 bits per heavy atom. The van der Waals surface area contributed by atoms with E-state index in [0.717, 1.165) is 47.9 Å². The number of nitrogens with zero attached hydrogens (tertiary/aromatic N) is 1. The van der Waals surface area contributed by atoms with Crippen LogP contribution in [0.3, 0.4) is 0 Å². The molecule has 2 aromatic carbocycles. The van der Waals surface area contributed by atoms with Crippen LogP contribution in [0.2, 0.25) is 0 Å². The number of amides is 1. The summed E-state index contributed by atoms with van der Waals surface area (Å²) in [6.45, 7) is 3.65. The molecular weight excluding hydrogens is 330 g/mol. The second-order valence-corrected chi connectivity index (χ2v) is 6.73. The van der Waals surface area contributed by atoms with E-state index >= 15 is 0 Å². The highest BCUT2D eigenvalue weighted by molar-refractivity contribution is 7.80. The van der Waals surface area contributed by atoms with Gasteiger partial charge in [0.25, 0.3) is 5.91 Å². The maximum atomic E-state index is 12.4. The monoisotopic (exact) mass is 353 g/mol. The van der Waals surface area contributed by atoms with E-state index in [-0.39, 0.29) is 11.9 Å². The minimum absolute atomic E-state index is 0.0153. The van der Waals surface area contributed by atoms with Gasteiger partial charge in [0.2, 0.25) is 0 Å². The summed E-state index contributed by atoms with van der Waals surface area (Å²) in [4.78, 5) is 14.6. The lowest BCUT2D eigenvalue weighted by atomic mass is 10.0. The zero-order valence-corrected chi connectivity index (χ0v) is 15.2. The summed E-state index contributed by atoms with van der Waals surface area (Å²) in [5, 5.41) is 7.17. The number of anilines is 1. The van der Waals surface area contributed by atoms with Gasteiger partial charge in [-0.2, -0.15) is 0 Å². The molecule has 0 unspecified atom stereocenters. The van der Waals surface area contributed by atoms with Crippen molar-refractivity contribution in [3.05, 3.63) is 65.7 Å². The first kappa shape index (κ1) is 17.4. The third-order valence-electron chi connectivity index (χ3n) is 4.53. The Balaban J connectivity index is 1.49. The third-order valence-corrected chi connectivity index (χ3v) is 4.89. The summed E-state index contributed by atoms with van der Waals surface area (Å²) >= 11 is 5.50. The average Bonchev–Trinajstić information content (AvgIpc) is 2.63. The first-order valence-electron chi connectivity index (χ1n) is 8.61. The second kappa shape index (κ2) is 8.12. The number of hydrogen-bond acceptors (Lipinski definition) is 2. The molecule has 1 saturated heterocycles. The summed E-state index contributed by atoms with van der Waals surface area (Å²) in [7, 11) is 0. The fraction of sp³-hybridized carbons (Fsp3) is 0.300. The van der Waals surface area contributed by atoms with Crippen LogP contribution in [0.25, 0.3) is 0 Å². The second-order valence-electron chi connectivity index (χ2n) is 6.35. The van der Waals surface area contributed by atoms with Crippen LogP contribution in [0.1, 0.15) is 28.8 Å². The first-order chi connectivity index (χ1) is 12.1. The average molecular weight is 353 g/mol. The van der Waals surface area contributed by atoms with Gasteiger partial charge in [0, 0.05) is 30.4 Å². The summed E-state index contributed by atoms with van der Waals surface area (Å²) in [5.41, 5.74) is 2.76. The number of rotatable bonds is 3. The molecule has 25 heavy (non-hydrogen) atoms. The van der Waals surface area contributed by atoms with Crippen molar-refractivity contribution in [2.45, 2.75) is 25.8 Å². The molecule has 1 fully saturated rings. The molecule has 3 rings (SSSR count). The molecule has 0 bridgehead atoms. The molecule has 2 aromatic rings. The van der Waals surface area contributed by atoms with Crippen LogP contribution < -0.4 is 10.6 Å². The van der Waals surface area contributed by atoms with Crippen molar-refractivity contribution >= 4 is 28.9 Å². The van der Waals surface area contributed by atoms with E-state index in [1.807, 2.05) is 61.5 Å². The summed E-state index contributed by atoms with van der Waals surface area (Å²) in [6, 6.07) is 17.8. The van der Waals surface area contributed by atoms with Gasteiger partial charge in [-0.25, -0.2) is 0 Å². The maximum absolute atomic E-state index is 12.4. The van der Waals surface area contributed by atoms with Gasteiger partial charge in [0.05, 0.1) is 0 Å². The SMILES string of the molecule is Cc1ccccc1C(=O)NC1CCN(C(=S)Nc2ccccc2)CC1. The van der Waals surface area contributed by atoms with Gasteiger partial charge < -0.3 is 15.5 Å². The van der Waals surface area contributed by atoms with Gasteiger partial charge in [-0.3, -0.25) is 4.79 Å². The lowest BCUT2D eigenvalue weighted by Gasteiger charge is -2.34. The fourth-order valence-electron chi connectivity index (χ4n) is 3.04. The lowest BCUT2D eigenvalue weighted by molar-refractivity contribution is 0.0922. The van der Waals surface area contributed by atoms with Crippen molar-refractivity contribution in [3.8, 4) is 0 Å². The van der Waals surface area contributed by atoms with Crippen LogP contribution in [-0.4, -0.2) is 35.1 Å². The molecule has 1 heterocycles. The molecule has 1 amide bonds. The Labute approximate surface area is 154 Å². The van der Waals surface area contributed by atoms with Crippen molar-refractivity contribution in [2.24, 2.45) is 0 Å². The van der Waals surface area contributed by atoms with E-state index in [1.54, 1.807) is 0 Å². The Kier molecular flexibility index (Phi) is 5.66. The van der Waals surface area contributed by atoms with Crippen LogP contribution in [0.4, 0.5) is 5.69 Å². The molecule has 1 aliphatic heterocycles. The van der Waals surface area contributed by atoms with Crippen LogP contribution in [0.5, 0.6) is 0 Å². The van der Waals surface area contributed by atoms with Crippen molar-refractivity contribution in [1.29, 1.82) is 0 Å². The predicted octanol–water partition coefficient (Wildman–Crippen LogP) is 3.59. The topological polar surface area (TPSA) is 44.4 Å². The molecule has 0 atom stereocenters. The van der Waals surface area contributed by atoms with E-state index in [1.165, 1.54) is 0 Å². The Hall–Kier alpha value is -2.40. The van der Waals surface area contributed by atoms with Gasteiger partial charge in [0.15, 0.2) is 5.11 Å². The highest BCUT2D eigenvalue weighted by atomic mass is 32.1. The summed E-state index contributed by atoms with van der Waals surface area (Å²) in [5.74, 6) is 0.0153. The highest BCUT2D eigenvalue weighted by Gasteiger charge is 2.23. The van der Waals surface area contributed by atoms with Crippen molar-refractivity contribution in [1.82, 2.24) is 10.2 Å². The maximum Gasteiger partial charge on any atom is 0.251 e. The molecule has 2 N–H and O–H groups in total. The summed E-state index contributed by atoms with van der Waals surface area (Å²) < 4.78 is 0. The number of carbonyl (C=O) groups excluding carboxylic acids is 1. The number of hydrogen-bond donors (Lipinski definition) is 2. The number of piperidine rings is 1. The minimum Gasteiger partial charge on any atom is -0.349 e. The zero-order chi connectivity index (χ0) is 17.6. The number of nitrogens with one attached hydrogen (secondary N) is 2. The number of thiocarbonyl (C=S) groups is 1. The van der Waals surface area contributed by atoms with Crippen molar-refractivity contribution in [3.63, 3.8) is 0 Å². The van der Waals surface area contributed by atoms with Crippen molar-refractivity contribution < 1.29 is 4.79 Å². The van der Waals surface area contributed by atoms with Crippen LogP contribution in [0.15, 0.2) is 54.6 Å². The lowest BCUT2D eigenvalue weighted by Crippen LogP contribution is -2.47. The molecule has 0 radical (unpaired) electrons. The van der Waals surface area contributed by atoms with Gasteiger partial charge in [-0.05, 0) is 55.7 Å². The Morgan fingerprint density at radius 2 is 1.68 bits per heavy atom. The van der Waals surface area contributed by atoms with Crippen LogP contribution in [-0.2, 0) is 0 Å². The van der Waals surface area contributed by atoms with Crippen molar-refractivity contribution in [2.75, 3.05) is 18.4 Å². The van der Waals surface area contributed by atoms with Crippen LogP contribution in [0, 0.1) is 6.92 Å². The predicted molar refractivity (Wildman–Crippen MR) is 106 cm³/mol. The zero-order valence-electron chi connectivity index (χ0n) is 14.4. The number of aryl methyl sites for hydroxylation is 1. The first-order valence-corrected chi connectivity index (χ1v) is 9.02. The van der Waals surface area contributed by atoms with Crippen LogP contribution >= 0.6 is 12.2 Å². The fourth-order valence-corrected chi connectivity index (χ4v) is 3.34. The molecule has 0 saturated carbocycles. The van der Waals surface area contributed by atoms with Gasteiger partial charge in [-0.15, -0.1) is 0 Å². The molecular formula is C20H23N3OS. The largest absolute Gasteiger partial charge is 0.349 e. The molecule has 4 nitrogen and oxygen atoms in total. The van der Waals surface area contributed by atoms with Gasteiger partial charge >= 0.3 is 0 Å². The number of likely N-dealkylation sites (tertiary alicyclic amines) is 1. The Bertz CT molecular complexity index is 740. The van der Waals surface area contributed by atoms with E-state index in [9.17, 15) is 4.79 Å². The summed E-state index contributed by atoms with van der Waals surface area (Å²) in [6.07, 6.45) is 1.79. The minimum atomic E-state index is 0.0153. The van der Waals surface area contributed by atoms with Gasteiger partial charge in [-0.1, -0.05) is 36.4 Å². The van der Waals surface area contributed by atoms with E-state index in [0.29, 0.717) is 0 Å². The smallest absolute Gasteiger partial charge is 0.251 e. The standard InChI is InChI=1S/C20H23N3OS/c1-15-7-5-6-10-18(15)19(24)21-17-11-13-23(14-12-17)20(25)22-16-8-3-2-4-9-16/h2-10,17H,11-14H2,1H3,(H,21,24)(H,22,25). The molecule has 130 valence electrons. The normalized spacial score (nSPS) is 14.8. The third kappa shape index (κ3) is 4.57. The number of para-hydroxylation sites is 1. The number of carbonyl (C=O) groups is 1. The number of benzene rings is 2.